The van der Waals surface area contributed by atoms with E-state index < -0.39 is 0 Å². The number of carbonyl (C=O) groups excluding carboxylic acids is 1. The third kappa shape index (κ3) is 3.63. The van der Waals surface area contributed by atoms with Crippen LogP contribution in [-0.4, -0.2) is 71.4 Å². The summed E-state index contributed by atoms with van der Waals surface area (Å²) in [4.78, 5) is 30.2. The Morgan fingerprint density at radius 3 is 2.73 bits per heavy atom. The molecule has 2 aliphatic heterocycles. The predicted octanol–water partition coefficient (Wildman–Crippen LogP) is 3.47. The van der Waals surface area contributed by atoms with Gasteiger partial charge in [-0.2, -0.15) is 0 Å². The van der Waals surface area contributed by atoms with Gasteiger partial charge in [-0.3, -0.25) is 0 Å². The Balaban J connectivity index is 1.32. The first-order valence-electron chi connectivity index (χ1n) is 10.3. The molecule has 3 aromatic heterocycles. The Bertz CT molecular complexity index is 1050. The molecule has 0 aliphatic carbocycles. The van der Waals surface area contributed by atoms with Gasteiger partial charge in [-0.05, 0) is 18.1 Å². The summed E-state index contributed by atoms with van der Waals surface area (Å²) in [7, 11) is 0. The number of H-pyrrole nitrogens is 1. The number of piperazine rings is 1. The number of amides is 1. The molecule has 0 atom stereocenters. The molecule has 8 nitrogen and oxygen atoms in total. The predicted molar refractivity (Wildman–Crippen MR) is 116 cm³/mol. The molecule has 5 rings (SSSR count). The maximum atomic E-state index is 12.3. The number of pyridine rings is 1. The van der Waals surface area contributed by atoms with Crippen LogP contribution in [0.25, 0.3) is 21.7 Å². The summed E-state index contributed by atoms with van der Waals surface area (Å²) in [5.41, 5.74) is 2.98. The van der Waals surface area contributed by atoms with E-state index in [1.165, 1.54) is 4.88 Å². The minimum Gasteiger partial charge on any atom is -0.441 e. The van der Waals surface area contributed by atoms with Crippen LogP contribution in [0.15, 0.2) is 24.5 Å². The van der Waals surface area contributed by atoms with Crippen molar-refractivity contribution in [2.24, 2.45) is 0 Å². The van der Waals surface area contributed by atoms with Crippen molar-refractivity contribution in [1.29, 1.82) is 0 Å². The van der Waals surface area contributed by atoms with E-state index in [2.05, 4.69) is 39.8 Å². The van der Waals surface area contributed by atoms with E-state index in [1.807, 2.05) is 18.5 Å². The minimum atomic E-state index is -0.239. The molecule has 3 aromatic rings. The second-order valence-corrected chi connectivity index (χ2v) is 9.08. The van der Waals surface area contributed by atoms with Crippen molar-refractivity contribution in [3.05, 3.63) is 29.4 Å². The lowest BCUT2D eigenvalue weighted by Gasteiger charge is -2.37. The van der Waals surface area contributed by atoms with Gasteiger partial charge in [0.15, 0.2) is 6.10 Å². The first-order chi connectivity index (χ1) is 14.6. The molecule has 158 valence electrons. The molecule has 9 heteroatoms. The summed E-state index contributed by atoms with van der Waals surface area (Å²) in [5.74, 6) is 0.467. The number of anilines is 1. The molecule has 0 saturated carbocycles. The van der Waals surface area contributed by atoms with Crippen LogP contribution in [0, 0.1) is 0 Å². The molecule has 0 bridgehead atoms. The minimum absolute atomic E-state index is 0.0873. The lowest BCUT2D eigenvalue weighted by atomic mass is 10.2. The number of hydrogen-bond acceptors (Lipinski definition) is 7. The molecule has 2 aliphatic rings. The van der Waals surface area contributed by atoms with E-state index in [-0.39, 0.29) is 12.2 Å². The van der Waals surface area contributed by atoms with E-state index in [9.17, 15) is 4.79 Å². The highest BCUT2D eigenvalue weighted by atomic mass is 32.1. The molecule has 1 amide bonds. The third-order valence-electron chi connectivity index (χ3n) is 5.59. The second-order valence-electron chi connectivity index (χ2n) is 8.02. The lowest BCUT2D eigenvalue weighted by molar-refractivity contribution is -0.104. The number of aromatic amines is 1. The fraction of sp³-hybridized carbons (Fsp3) is 0.476. The number of hydrogen-bond donors (Lipinski definition) is 1. The second kappa shape index (κ2) is 7.88. The fourth-order valence-electron chi connectivity index (χ4n) is 3.71. The van der Waals surface area contributed by atoms with E-state index in [4.69, 9.17) is 9.47 Å². The van der Waals surface area contributed by atoms with Crippen LogP contribution in [0.2, 0.25) is 0 Å². The van der Waals surface area contributed by atoms with Crippen molar-refractivity contribution >= 4 is 34.2 Å². The fourth-order valence-corrected chi connectivity index (χ4v) is 4.60. The van der Waals surface area contributed by atoms with Gasteiger partial charge in [0, 0.05) is 54.5 Å². The largest absolute Gasteiger partial charge is 0.441 e. The van der Waals surface area contributed by atoms with Gasteiger partial charge in [-0.15, -0.1) is 11.3 Å². The monoisotopic (exact) mass is 427 g/mol. The van der Waals surface area contributed by atoms with Crippen LogP contribution in [0.4, 0.5) is 10.5 Å². The summed E-state index contributed by atoms with van der Waals surface area (Å²) in [6.45, 7) is 8.16. The van der Waals surface area contributed by atoms with E-state index in [1.54, 1.807) is 16.2 Å². The molecule has 5 heterocycles. The van der Waals surface area contributed by atoms with E-state index in [0.717, 1.165) is 40.5 Å². The number of nitrogens with zero attached hydrogens (tertiary/aromatic N) is 4. The summed E-state index contributed by atoms with van der Waals surface area (Å²) in [5, 5.41) is 2.06. The quantitative estimate of drug-likeness (QED) is 0.686. The average molecular weight is 428 g/mol. The Morgan fingerprint density at radius 1 is 1.27 bits per heavy atom. The van der Waals surface area contributed by atoms with Gasteiger partial charge < -0.3 is 24.3 Å². The zero-order chi connectivity index (χ0) is 20.7. The Morgan fingerprint density at radius 2 is 2.07 bits per heavy atom. The molecule has 2 fully saturated rings. The molecule has 1 N–H and O–H groups in total. The van der Waals surface area contributed by atoms with Gasteiger partial charge in [-0.25, -0.2) is 14.8 Å². The molecular weight excluding hydrogens is 402 g/mol. The summed E-state index contributed by atoms with van der Waals surface area (Å²) >= 11 is 1.71. The summed E-state index contributed by atoms with van der Waals surface area (Å²) in [6, 6.07) is 4.18. The molecule has 0 spiro atoms. The van der Waals surface area contributed by atoms with Crippen molar-refractivity contribution in [2.45, 2.75) is 25.9 Å². The SMILES string of the molecule is CC(C)c1cnc(-c2cc3c(N4CCN(C(=O)OC5COC5)CC4)ccnc3[nH]2)s1. The molecular formula is C21H25N5O3S. The molecule has 0 aromatic carbocycles. The van der Waals surface area contributed by atoms with Gasteiger partial charge in [-0.1, -0.05) is 13.8 Å². The number of fused-ring (bicyclic) bond motifs is 1. The van der Waals surface area contributed by atoms with Crippen molar-refractivity contribution in [3.63, 3.8) is 0 Å². The van der Waals surface area contributed by atoms with Crippen molar-refractivity contribution in [3.8, 4) is 10.7 Å². The van der Waals surface area contributed by atoms with Crippen LogP contribution in [0.1, 0.15) is 24.6 Å². The number of thiazole rings is 1. The number of aromatic nitrogens is 3. The number of ether oxygens (including phenoxy) is 2. The maximum absolute atomic E-state index is 12.3. The Hall–Kier alpha value is -2.65. The maximum Gasteiger partial charge on any atom is 0.410 e. The van der Waals surface area contributed by atoms with Crippen LogP contribution >= 0.6 is 11.3 Å². The van der Waals surface area contributed by atoms with Crippen LogP contribution in [-0.2, 0) is 9.47 Å². The number of rotatable bonds is 4. The van der Waals surface area contributed by atoms with Gasteiger partial charge in [0.25, 0.3) is 0 Å². The highest BCUT2D eigenvalue weighted by molar-refractivity contribution is 7.15. The van der Waals surface area contributed by atoms with Crippen LogP contribution < -0.4 is 4.90 Å². The molecule has 2 saturated heterocycles. The zero-order valence-corrected chi connectivity index (χ0v) is 17.9. The first kappa shape index (κ1) is 19.3. The average Bonchev–Trinajstić information content (AvgIpc) is 3.37. The number of nitrogens with one attached hydrogen (secondary N) is 1. The molecule has 30 heavy (non-hydrogen) atoms. The van der Waals surface area contributed by atoms with Crippen LogP contribution in [0.3, 0.4) is 0 Å². The topological polar surface area (TPSA) is 83.6 Å². The van der Waals surface area contributed by atoms with E-state index in [0.29, 0.717) is 32.2 Å². The van der Waals surface area contributed by atoms with Crippen molar-refractivity contribution < 1.29 is 14.3 Å². The van der Waals surface area contributed by atoms with E-state index >= 15 is 0 Å². The Labute approximate surface area is 178 Å². The normalized spacial score (nSPS) is 17.6. The standard InChI is InChI=1S/C21H25N5O3S/c1-13(2)18-10-23-20(30-18)16-9-15-17(3-4-22-19(15)24-16)25-5-7-26(8-6-25)21(27)29-14-11-28-12-14/h3-4,9-10,13-14H,5-8,11-12H2,1-2H3,(H,22,24). The van der Waals surface area contributed by atoms with Gasteiger partial charge >= 0.3 is 6.09 Å². The third-order valence-corrected chi connectivity index (χ3v) is 6.92. The lowest BCUT2D eigenvalue weighted by Crippen LogP contribution is -2.51. The summed E-state index contributed by atoms with van der Waals surface area (Å²) < 4.78 is 10.5. The summed E-state index contributed by atoms with van der Waals surface area (Å²) in [6.07, 6.45) is 3.46. The highest BCUT2D eigenvalue weighted by Crippen LogP contribution is 2.34. The van der Waals surface area contributed by atoms with Crippen LogP contribution in [0.5, 0.6) is 0 Å². The first-order valence-corrected chi connectivity index (χ1v) is 11.1. The molecule has 0 radical (unpaired) electrons. The van der Waals surface area contributed by atoms with Crippen molar-refractivity contribution in [2.75, 3.05) is 44.3 Å². The smallest absolute Gasteiger partial charge is 0.410 e. The zero-order valence-electron chi connectivity index (χ0n) is 17.1. The van der Waals surface area contributed by atoms with Gasteiger partial charge in [0.1, 0.15) is 10.7 Å². The highest BCUT2D eigenvalue weighted by Gasteiger charge is 2.28. The number of carbonyl (C=O) groups is 1. The van der Waals surface area contributed by atoms with Gasteiger partial charge in [0.2, 0.25) is 0 Å². The van der Waals surface area contributed by atoms with Gasteiger partial charge in [0.05, 0.1) is 18.9 Å². The van der Waals surface area contributed by atoms with Crippen molar-refractivity contribution in [1.82, 2.24) is 19.9 Å². The Kier molecular flexibility index (Phi) is 5.08. The molecule has 0 unspecified atom stereocenters.